The van der Waals surface area contributed by atoms with Gasteiger partial charge in [-0.1, -0.05) is 0 Å². The monoisotopic (exact) mass is 372 g/mol. The van der Waals surface area contributed by atoms with E-state index in [4.69, 9.17) is 9.52 Å². The van der Waals surface area contributed by atoms with E-state index < -0.39 is 0 Å². The molecule has 0 saturated carbocycles. The van der Waals surface area contributed by atoms with E-state index >= 15 is 0 Å². The van der Waals surface area contributed by atoms with Crippen LogP contribution in [0.2, 0.25) is 0 Å². The number of aromatic nitrogens is 3. The van der Waals surface area contributed by atoms with Gasteiger partial charge in [-0.3, -0.25) is 14.0 Å². The molecule has 1 atom stereocenters. The van der Waals surface area contributed by atoms with Crippen molar-refractivity contribution in [2.24, 2.45) is 7.05 Å². The van der Waals surface area contributed by atoms with Crippen LogP contribution < -0.4 is 5.56 Å². The fourth-order valence-electron chi connectivity index (χ4n) is 3.13. The lowest BCUT2D eigenvalue weighted by atomic mass is 10.2. The number of amides is 1. The molecule has 0 bridgehead atoms. The maximum absolute atomic E-state index is 12.8. The second-order valence-electron chi connectivity index (χ2n) is 6.84. The van der Waals surface area contributed by atoms with Crippen molar-refractivity contribution < 1.29 is 14.3 Å². The summed E-state index contributed by atoms with van der Waals surface area (Å²) in [7, 11) is 3.33. The molecule has 0 aromatic carbocycles. The standard InChI is InChI=1S/C19H24N4O4/c1-11(6-7-24)21(4)18(25)15-9-23-10-16(14-8-12(2)27-13(14)3)22(5)19(26)17(23)20-15/h8-11,24H,6-7H2,1-5H3/t11-/m1/s1. The lowest BCUT2D eigenvalue weighted by Gasteiger charge is -2.23. The maximum atomic E-state index is 12.8. The topological polar surface area (TPSA) is 93.0 Å². The Bertz CT molecular complexity index is 1060. The Morgan fingerprint density at radius 2 is 2.07 bits per heavy atom. The fraction of sp³-hybridized carbons (Fsp3) is 0.421. The van der Waals surface area contributed by atoms with Crippen LogP contribution in [-0.2, 0) is 7.05 Å². The highest BCUT2D eigenvalue weighted by atomic mass is 16.3. The Balaban J connectivity index is 2.08. The quantitative estimate of drug-likeness (QED) is 0.737. The summed E-state index contributed by atoms with van der Waals surface area (Å²) in [5.41, 5.74) is 1.59. The lowest BCUT2D eigenvalue weighted by molar-refractivity contribution is 0.0717. The van der Waals surface area contributed by atoms with Gasteiger partial charge in [-0.05, 0) is 33.3 Å². The van der Waals surface area contributed by atoms with Crippen molar-refractivity contribution in [3.63, 3.8) is 0 Å². The van der Waals surface area contributed by atoms with E-state index in [0.717, 1.165) is 17.1 Å². The van der Waals surface area contributed by atoms with Crippen LogP contribution in [0.3, 0.4) is 0 Å². The first-order chi connectivity index (χ1) is 12.7. The number of aliphatic hydroxyl groups is 1. The predicted octanol–water partition coefficient (Wildman–Crippen LogP) is 1.75. The number of carbonyl (C=O) groups is 1. The highest BCUT2D eigenvalue weighted by molar-refractivity contribution is 5.93. The molecule has 0 aliphatic heterocycles. The maximum Gasteiger partial charge on any atom is 0.294 e. The van der Waals surface area contributed by atoms with E-state index in [0.29, 0.717) is 12.1 Å². The Hall–Kier alpha value is -2.87. The third kappa shape index (κ3) is 3.28. The molecule has 3 aromatic heterocycles. The van der Waals surface area contributed by atoms with E-state index in [-0.39, 0.29) is 35.5 Å². The van der Waals surface area contributed by atoms with Crippen LogP contribution in [0.15, 0.2) is 27.7 Å². The van der Waals surface area contributed by atoms with E-state index in [1.807, 2.05) is 26.8 Å². The summed E-state index contributed by atoms with van der Waals surface area (Å²) in [5, 5.41) is 9.07. The molecule has 3 heterocycles. The molecule has 0 fully saturated rings. The summed E-state index contributed by atoms with van der Waals surface area (Å²) in [6.07, 6.45) is 3.81. The van der Waals surface area contributed by atoms with Crippen molar-refractivity contribution in [3.05, 3.63) is 46.0 Å². The molecule has 0 unspecified atom stereocenters. The van der Waals surface area contributed by atoms with Gasteiger partial charge in [0.15, 0.2) is 0 Å². The lowest BCUT2D eigenvalue weighted by Crippen LogP contribution is -2.35. The number of rotatable bonds is 5. The summed E-state index contributed by atoms with van der Waals surface area (Å²) in [4.78, 5) is 31.2. The molecular weight excluding hydrogens is 348 g/mol. The van der Waals surface area contributed by atoms with Gasteiger partial charge in [-0.15, -0.1) is 0 Å². The van der Waals surface area contributed by atoms with Gasteiger partial charge in [0.2, 0.25) is 5.65 Å². The Kier molecular flexibility index (Phi) is 4.93. The molecule has 0 aliphatic rings. The van der Waals surface area contributed by atoms with E-state index in [9.17, 15) is 9.59 Å². The highest BCUT2D eigenvalue weighted by Crippen LogP contribution is 2.25. The average Bonchev–Trinajstić information content (AvgIpc) is 3.19. The van der Waals surface area contributed by atoms with Crippen molar-refractivity contribution in [1.82, 2.24) is 18.9 Å². The Morgan fingerprint density at radius 3 is 2.67 bits per heavy atom. The number of fused-ring (bicyclic) bond motifs is 1. The molecule has 1 amide bonds. The van der Waals surface area contributed by atoms with Gasteiger partial charge < -0.3 is 19.0 Å². The zero-order valence-corrected chi connectivity index (χ0v) is 16.2. The summed E-state index contributed by atoms with van der Waals surface area (Å²) in [5.74, 6) is 1.19. The minimum absolute atomic E-state index is 0.00266. The first-order valence-corrected chi connectivity index (χ1v) is 8.78. The van der Waals surface area contributed by atoms with Crippen molar-refractivity contribution in [2.45, 2.75) is 33.2 Å². The Labute approximate surface area is 156 Å². The van der Waals surface area contributed by atoms with Gasteiger partial charge in [0, 0.05) is 44.7 Å². The Morgan fingerprint density at radius 1 is 1.37 bits per heavy atom. The number of aliphatic hydroxyl groups excluding tert-OH is 1. The third-order valence-electron chi connectivity index (χ3n) is 4.92. The van der Waals surface area contributed by atoms with Crippen LogP contribution in [0.25, 0.3) is 16.9 Å². The van der Waals surface area contributed by atoms with Gasteiger partial charge in [0.25, 0.3) is 11.5 Å². The highest BCUT2D eigenvalue weighted by Gasteiger charge is 2.22. The van der Waals surface area contributed by atoms with Crippen molar-refractivity contribution in [2.75, 3.05) is 13.7 Å². The summed E-state index contributed by atoms with van der Waals surface area (Å²) >= 11 is 0. The predicted molar refractivity (Wildman–Crippen MR) is 101 cm³/mol. The largest absolute Gasteiger partial charge is 0.466 e. The molecule has 27 heavy (non-hydrogen) atoms. The molecular formula is C19H24N4O4. The summed E-state index contributed by atoms with van der Waals surface area (Å²) < 4.78 is 8.67. The zero-order chi connectivity index (χ0) is 19.9. The molecule has 144 valence electrons. The smallest absolute Gasteiger partial charge is 0.294 e. The molecule has 0 aliphatic carbocycles. The first-order valence-electron chi connectivity index (χ1n) is 8.78. The SMILES string of the molecule is Cc1cc(-c2cn3cc(C(=O)N(C)[C@H](C)CCO)nc3c(=O)n2C)c(C)o1. The van der Waals surface area contributed by atoms with Crippen molar-refractivity contribution in [3.8, 4) is 11.3 Å². The summed E-state index contributed by atoms with van der Waals surface area (Å²) in [6.45, 7) is 5.55. The minimum Gasteiger partial charge on any atom is -0.466 e. The van der Waals surface area contributed by atoms with Crippen LogP contribution in [-0.4, -0.2) is 49.6 Å². The molecule has 3 rings (SSSR count). The fourth-order valence-corrected chi connectivity index (χ4v) is 3.13. The van der Waals surface area contributed by atoms with E-state index in [1.165, 1.54) is 9.47 Å². The minimum atomic E-state index is -0.295. The number of imidazole rings is 1. The number of nitrogens with zero attached hydrogens (tertiary/aromatic N) is 4. The van der Waals surface area contributed by atoms with Crippen molar-refractivity contribution in [1.29, 1.82) is 0 Å². The van der Waals surface area contributed by atoms with Gasteiger partial charge in [0.1, 0.15) is 17.2 Å². The molecule has 3 aromatic rings. The van der Waals surface area contributed by atoms with Gasteiger partial charge in [-0.25, -0.2) is 4.98 Å². The second kappa shape index (κ2) is 7.03. The average molecular weight is 372 g/mol. The zero-order valence-electron chi connectivity index (χ0n) is 16.2. The number of furan rings is 1. The number of carbonyl (C=O) groups excluding carboxylic acids is 1. The normalized spacial score (nSPS) is 12.5. The van der Waals surface area contributed by atoms with Crippen LogP contribution >= 0.6 is 0 Å². The molecule has 0 saturated heterocycles. The van der Waals surface area contributed by atoms with Crippen LogP contribution in [0.4, 0.5) is 0 Å². The molecule has 0 radical (unpaired) electrons. The number of hydrogen-bond donors (Lipinski definition) is 1. The second-order valence-corrected chi connectivity index (χ2v) is 6.84. The molecule has 1 N–H and O–H groups in total. The number of hydrogen-bond acceptors (Lipinski definition) is 5. The molecule has 8 heteroatoms. The van der Waals surface area contributed by atoms with Gasteiger partial charge >= 0.3 is 0 Å². The summed E-state index contributed by atoms with van der Waals surface area (Å²) in [6, 6.07) is 1.74. The third-order valence-corrected chi connectivity index (χ3v) is 4.92. The van der Waals surface area contributed by atoms with Crippen LogP contribution in [0, 0.1) is 13.8 Å². The first kappa shape index (κ1) is 18.9. The molecule has 8 nitrogen and oxygen atoms in total. The van der Waals surface area contributed by atoms with Crippen molar-refractivity contribution >= 4 is 11.6 Å². The van der Waals surface area contributed by atoms with Gasteiger partial charge in [-0.2, -0.15) is 0 Å². The van der Waals surface area contributed by atoms with Gasteiger partial charge in [0.05, 0.1) is 5.69 Å². The van der Waals surface area contributed by atoms with Crippen LogP contribution in [0.1, 0.15) is 35.4 Å². The molecule has 0 spiro atoms. The van der Waals surface area contributed by atoms with E-state index in [2.05, 4.69) is 4.98 Å². The number of aryl methyl sites for hydroxylation is 2. The van der Waals surface area contributed by atoms with E-state index in [1.54, 1.807) is 30.9 Å². The van der Waals surface area contributed by atoms with Crippen LogP contribution in [0.5, 0.6) is 0 Å².